The van der Waals surface area contributed by atoms with Gasteiger partial charge in [-0.1, -0.05) is 24.5 Å². The third-order valence-corrected chi connectivity index (χ3v) is 5.31. The first kappa shape index (κ1) is 17.0. The molecule has 1 aliphatic rings. The molecule has 1 aliphatic heterocycles. The Morgan fingerprint density at radius 3 is 2.79 bits per heavy atom. The standard InChI is InChI=1S/C20H28N2O2/c1-13-9-14(2)20-18(10-13)17(15(3)21-20)11-19(24)22-8-6-4-5-7-16(22)12-23/h9-10,16,21,23H,4-8,11-12H2,1-3H3. The van der Waals surface area contributed by atoms with Crippen LogP contribution in [0.5, 0.6) is 0 Å². The third-order valence-electron chi connectivity index (χ3n) is 5.31. The summed E-state index contributed by atoms with van der Waals surface area (Å²) in [7, 11) is 0. The zero-order chi connectivity index (χ0) is 17.3. The Balaban J connectivity index is 1.91. The Morgan fingerprint density at radius 2 is 2.04 bits per heavy atom. The fourth-order valence-electron chi connectivity index (χ4n) is 4.01. The van der Waals surface area contributed by atoms with Crippen molar-refractivity contribution in [3.63, 3.8) is 0 Å². The average molecular weight is 328 g/mol. The summed E-state index contributed by atoms with van der Waals surface area (Å²) in [4.78, 5) is 18.3. The molecule has 1 amide bonds. The van der Waals surface area contributed by atoms with Gasteiger partial charge in [0.25, 0.3) is 0 Å². The van der Waals surface area contributed by atoms with Crippen molar-refractivity contribution in [2.75, 3.05) is 13.2 Å². The number of nitrogens with zero attached hydrogens (tertiary/aromatic N) is 1. The van der Waals surface area contributed by atoms with E-state index in [-0.39, 0.29) is 18.6 Å². The van der Waals surface area contributed by atoms with E-state index < -0.39 is 0 Å². The highest BCUT2D eigenvalue weighted by atomic mass is 16.3. The highest BCUT2D eigenvalue weighted by Crippen LogP contribution is 2.28. The fourth-order valence-corrected chi connectivity index (χ4v) is 4.01. The number of aliphatic hydroxyl groups is 1. The van der Waals surface area contributed by atoms with E-state index in [1.54, 1.807) is 0 Å². The van der Waals surface area contributed by atoms with Gasteiger partial charge < -0.3 is 15.0 Å². The molecule has 1 fully saturated rings. The Hall–Kier alpha value is -1.81. The molecule has 1 aromatic carbocycles. The molecule has 2 N–H and O–H groups in total. The largest absolute Gasteiger partial charge is 0.394 e. The quantitative estimate of drug-likeness (QED) is 0.907. The van der Waals surface area contributed by atoms with Crippen molar-refractivity contribution in [1.29, 1.82) is 0 Å². The second-order valence-corrected chi connectivity index (χ2v) is 7.18. The predicted molar refractivity (Wildman–Crippen MR) is 97.3 cm³/mol. The average Bonchev–Trinajstić information content (AvgIpc) is 2.74. The molecule has 0 radical (unpaired) electrons. The first-order chi connectivity index (χ1) is 11.5. The lowest BCUT2D eigenvalue weighted by atomic mass is 10.0. The van der Waals surface area contributed by atoms with Crippen LogP contribution in [0.25, 0.3) is 10.9 Å². The van der Waals surface area contributed by atoms with Crippen molar-refractivity contribution < 1.29 is 9.90 Å². The minimum atomic E-state index is -0.0195. The van der Waals surface area contributed by atoms with E-state index >= 15 is 0 Å². The molecule has 130 valence electrons. The maximum atomic E-state index is 13.0. The van der Waals surface area contributed by atoms with Crippen LogP contribution in [0.15, 0.2) is 12.1 Å². The minimum Gasteiger partial charge on any atom is -0.394 e. The van der Waals surface area contributed by atoms with Gasteiger partial charge in [-0.2, -0.15) is 0 Å². The molecule has 0 aliphatic carbocycles. The SMILES string of the molecule is Cc1cc(C)c2[nH]c(C)c(CC(=O)N3CCCCCC3CO)c2c1. The summed E-state index contributed by atoms with van der Waals surface area (Å²) in [5, 5.41) is 10.8. The number of aliphatic hydroxyl groups excluding tert-OH is 1. The highest BCUT2D eigenvalue weighted by molar-refractivity contribution is 5.92. The number of hydrogen-bond donors (Lipinski definition) is 2. The summed E-state index contributed by atoms with van der Waals surface area (Å²) in [5.74, 6) is 0.138. The van der Waals surface area contributed by atoms with Crippen molar-refractivity contribution in [3.8, 4) is 0 Å². The lowest BCUT2D eigenvalue weighted by Gasteiger charge is -2.28. The molecule has 2 heterocycles. The monoisotopic (exact) mass is 328 g/mol. The van der Waals surface area contributed by atoms with Gasteiger partial charge in [-0.3, -0.25) is 4.79 Å². The summed E-state index contributed by atoms with van der Waals surface area (Å²) in [5.41, 5.74) is 5.74. The first-order valence-corrected chi connectivity index (χ1v) is 9.00. The number of fused-ring (bicyclic) bond motifs is 1. The van der Waals surface area contributed by atoms with Crippen LogP contribution in [0.4, 0.5) is 0 Å². The van der Waals surface area contributed by atoms with Crippen molar-refractivity contribution in [2.45, 2.75) is 58.9 Å². The van der Waals surface area contributed by atoms with E-state index in [1.165, 1.54) is 11.1 Å². The Bertz CT molecular complexity index is 748. The molecule has 4 nitrogen and oxygen atoms in total. The topological polar surface area (TPSA) is 56.3 Å². The molecule has 3 rings (SSSR count). The molecule has 1 aromatic heterocycles. The number of aromatic amines is 1. The zero-order valence-corrected chi connectivity index (χ0v) is 15.0. The smallest absolute Gasteiger partial charge is 0.227 e. The van der Waals surface area contributed by atoms with Crippen LogP contribution >= 0.6 is 0 Å². The summed E-state index contributed by atoms with van der Waals surface area (Å²) >= 11 is 0. The lowest BCUT2D eigenvalue weighted by molar-refractivity contribution is -0.133. The Morgan fingerprint density at radius 1 is 1.25 bits per heavy atom. The maximum absolute atomic E-state index is 13.0. The van der Waals surface area contributed by atoms with Crippen LogP contribution in [0, 0.1) is 20.8 Å². The lowest BCUT2D eigenvalue weighted by Crippen LogP contribution is -2.42. The number of carbonyl (C=O) groups is 1. The second kappa shape index (κ2) is 6.98. The Labute approximate surface area is 143 Å². The van der Waals surface area contributed by atoms with E-state index in [9.17, 15) is 9.90 Å². The first-order valence-electron chi connectivity index (χ1n) is 9.00. The molecular formula is C20H28N2O2. The predicted octanol–water partition coefficient (Wildman–Crippen LogP) is 3.40. The second-order valence-electron chi connectivity index (χ2n) is 7.18. The number of H-pyrrole nitrogens is 1. The summed E-state index contributed by atoms with van der Waals surface area (Å²) < 4.78 is 0. The summed E-state index contributed by atoms with van der Waals surface area (Å²) in [6.45, 7) is 7.08. The van der Waals surface area contributed by atoms with Crippen LogP contribution < -0.4 is 0 Å². The number of nitrogens with one attached hydrogen (secondary N) is 1. The van der Waals surface area contributed by atoms with Crippen molar-refractivity contribution in [2.24, 2.45) is 0 Å². The summed E-state index contributed by atoms with van der Waals surface area (Å²) in [6.07, 6.45) is 4.59. The van der Waals surface area contributed by atoms with Gasteiger partial charge in [0.1, 0.15) is 0 Å². The molecule has 24 heavy (non-hydrogen) atoms. The van der Waals surface area contributed by atoms with Crippen LogP contribution in [0.3, 0.4) is 0 Å². The van der Waals surface area contributed by atoms with Crippen molar-refractivity contribution in [3.05, 3.63) is 34.5 Å². The van der Waals surface area contributed by atoms with E-state index in [0.29, 0.717) is 6.42 Å². The molecule has 0 spiro atoms. The molecule has 1 unspecified atom stereocenters. The highest BCUT2D eigenvalue weighted by Gasteiger charge is 2.26. The number of aromatic nitrogens is 1. The van der Waals surface area contributed by atoms with Crippen LogP contribution in [0.1, 0.15) is 48.1 Å². The normalized spacial score (nSPS) is 18.8. The van der Waals surface area contributed by atoms with E-state index in [2.05, 4.69) is 31.0 Å². The Kier molecular flexibility index (Phi) is 4.95. The number of rotatable bonds is 3. The summed E-state index contributed by atoms with van der Waals surface area (Å²) in [6, 6.07) is 4.31. The van der Waals surface area contributed by atoms with E-state index in [0.717, 1.165) is 54.4 Å². The molecule has 0 saturated carbocycles. The number of amides is 1. The van der Waals surface area contributed by atoms with Gasteiger partial charge in [0, 0.05) is 23.1 Å². The van der Waals surface area contributed by atoms with Crippen molar-refractivity contribution in [1.82, 2.24) is 9.88 Å². The van der Waals surface area contributed by atoms with E-state index in [1.807, 2.05) is 11.8 Å². The number of benzene rings is 1. The number of aryl methyl sites for hydroxylation is 3. The van der Waals surface area contributed by atoms with Gasteiger partial charge in [-0.15, -0.1) is 0 Å². The van der Waals surface area contributed by atoms with Gasteiger partial charge in [0.2, 0.25) is 5.91 Å². The van der Waals surface area contributed by atoms with Crippen LogP contribution in [0.2, 0.25) is 0 Å². The number of likely N-dealkylation sites (tertiary alicyclic amines) is 1. The van der Waals surface area contributed by atoms with Gasteiger partial charge in [0.15, 0.2) is 0 Å². The van der Waals surface area contributed by atoms with E-state index in [4.69, 9.17) is 0 Å². The molecular weight excluding hydrogens is 300 g/mol. The number of carbonyl (C=O) groups excluding carboxylic acids is 1. The molecule has 1 atom stereocenters. The third kappa shape index (κ3) is 3.20. The van der Waals surface area contributed by atoms with Gasteiger partial charge in [0.05, 0.1) is 19.1 Å². The molecule has 2 aromatic rings. The molecule has 1 saturated heterocycles. The zero-order valence-electron chi connectivity index (χ0n) is 15.0. The van der Waals surface area contributed by atoms with Crippen molar-refractivity contribution >= 4 is 16.8 Å². The van der Waals surface area contributed by atoms with Crippen LogP contribution in [-0.4, -0.2) is 40.1 Å². The van der Waals surface area contributed by atoms with Crippen LogP contribution in [-0.2, 0) is 11.2 Å². The maximum Gasteiger partial charge on any atom is 0.227 e. The number of hydrogen-bond acceptors (Lipinski definition) is 2. The van der Waals surface area contributed by atoms with Gasteiger partial charge in [-0.25, -0.2) is 0 Å². The van der Waals surface area contributed by atoms with Gasteiger partial charge >= 0.3 is 0 Å². The fraction of sp³-hybridized carbons (Fsp3) is 0.550. The minimum absolute atomic E-state index is 0.0195. The van der Waals surface area contributed by atoms with Gasteiger partial charge in [-0.05, 0) is 50.8 Å². The molecule has 0 bridgehead atoms. The molecule has 4 heteroatoms.